The van der Waals surface area contributed by atoms with E-state index in [2.05, 4.69) is 25.5 Å². The van der Waals surface area contributed by atoms with Crippen LogP contribution in [0.4, 0.5) is 10.2 Å². The number of phenols is 1. The standard InChI is InChI=1S/C23H24FN7OS/c1-23-7-3-4-14(28-23)9-17(21(23)24)31(2)19-11-26-22(30-29-19)15-6-5-13(8-18(15)32)16-12-33-20(10-25)27-16/h5-6,8,11-12,14,17,21,28,32H,3-4,7,9H2,1-2H3/t14-,17+,21+,23-/m1/s1. The molecule has 0 saturated carbocycles. The maximum Gasteiger partial charge on any atom is 0.194 e. The molecule has 8 nitrogen and oxygen atoms in total. The molecule has 33 heavy (non-hydrogen) atoms. The zero-order chi connectivity index (χ0) is 23.2. The number of rotatable bonds is 4. The van der Waals surface area contributed by atoms with E-state index in [1.165, 1.54) is 11.3 Å². The molecule has 2 bridgehead atoms. The van der Waals surface area contributed by atoms with Gasteiger partial charge in [0.2, 0.25) is 0 Å². The number of hydrogen-bond acceptors (Lipinski definition) is 9. The lowest BCUT2D eigenvalue weighted by atomic mass is 9.73. The number of nitrogens with zero attached hydrogens (tertiary/aromatic N) is 6. The number of alkyl halides is 1. The van der Waals surface area contributed by atoms with Gasteiger partial charge in [-0.3, -0.25) is 0 Å². The summed E-state index contributed by atoms with van der Waals surface area (Å²) in [5.74, 6) is 0.764. The van der Waals surface area contributed by atoms with Gasteiger partial charge in [0.25, 0.3) is 0 Å². The molecule has 2 N–H and O–H groups in total. The molecule has 0 radical (unpaired) electrons. The van der Waals surface area contributed by atoms with Crippen LogP contribution in [0, 0.1) is 11.3 Å². The summed E-state index contributed by atoms with van der Waals surface area (Å²) in [6, 6.07) is 7.07. The van der Waals surface area contributed by atoms with Crippen LogP contribution in [0.3, 0.4) is 0 Å². The van der Waals surface area contributed by atoms with Gasteiger partial charge in [0.05, 0.1) is 23.5 Å². The largest absolute Gasteiger partial charge is 0.507 e. The van der Waals surface area contributed by atoms with Gasteiger partial charge in [-0.15, -0.1) is 21.5 Å². The highest BCUT2D eigenvalue weighted by molar-refractivity contribution is 7.10. The van der Waals surface area contributed by atoms with Gasteiger partial charge < -0.3 is 15.3 Å². The number of aromatic nitrogens is 4. The lowest BCUT2D eigenvalue weighted by Crippen LogP contribution is -2.68. The maximum atomic E-state index is 15.4. The molecule has 2 aliphatic heterocycles. The number of fused-ring (bicyclic) bond motifs is 2. The van der Waals surface area contributed by atoms with E-state index in [4.69, 9.17) is 5.26 Å². The van der Waals surface area contributed by atoms with Crippen molar-refractivity contribution >= 4 is 17.2 Å². The summed E-state index contributed by atoms with van der Waals surface area (Å²) in [7, 11) is 1.84. The number of benzene rings is 1. The molecular weight excluding hydrogens is 441 g/mol. The first-order chi connectivity index (χ1) is 15.9. The van der Waals surface area contributed by atoms with Gasteiger partial charge in [0.15, 0.2) is 16.6 Å². The van der Waals surface area contributed by atoms with Crippen LogP contribution in [0.15, 0.2) is 29.8 Å². The fourth-order valence-electron chi connectivity index (χ4n) is 4.97. The Labute approximate surface area is 195 Å². The van der Waals surface area contributed by atoms with Crippen molar-refractivity contribution in [3.63, 3.8) is 0 Å². The highest BCUT2D eigenvalue weighted by Gasteiger charge is 2.49. The van der Waals surface area contributed by atoms with Crippen molar-refractivity contribution in [2.24, 2.45) is 0 Å². The molecule has 5 rings (SSSR count). The summed E-state index contributed by atoms with van der Waals surface area (Å²) in [4.78, 5) is 10.4. The number of anilines is 1. The molecule has 2 fully saturated rings. The summed E-state index contributed by atoms with van der Waals surface area (Å²) in [5, 5.41) is 33.6. The smallest absolute Gasteiger partial charge is 0.194 e. The van der Waals surface area contributed by atoms with E-state index in [-0.39, 0.29) is 17.6 Å². The van der Waals surface area contributed by atoms with E-state index in [1.807, 2.05) is 24.9 Å². The van der Waals surface area contributed by atoms with Gasteiger partial charge in [0.1, 0.15) is 18.0 Å². The predicted octanol–water partition coefficient (Wildman–Crippen LogP) is 3.69. The van der Waals surface area contributed by atoms with Crippen molar-refractivity contribution in [3.05, 3.63) is 34.8 Å². The van der Waals surface area contributed by atoms with E-state index in [1.54, 1.807) is 29.8 Å². The number of nitriles is 1. The second-order valence-electron chi connectivity index (χ2n) is 8.99. The number of nitrogens with one attached hydrogen (secondary N) is 1. The van der Waals surface area contributed by atoms with Gasteiger partial charge in [0, 0.05) is 29.6 Å². The third-order valence-corrected chi connectivity index (χ3v) is 7.54. The SMILES string of the molecule is CN(c1cnc(-c2ccc(-c3csc(C#N)n3)cc2O)nn1)[C@H]1C[C@H]2CCC[C@@](C)(N2)[C@H]1F. The van der Waals surface area contributed by atoms with Crippen LogP contribution in [-0.2, 0) is 0 Å². The predicted molar refractivity (Wildman–Crippen MR) is 124 cm³/mol. The fraction of sp³-hybridized carbons (Fsp3) is 0.435. The van der Waals surface area contributed by atoms with Crippen LogP contribution in [0.2, 0.25) is 0 Å². The van der Waals surface area contributed by atoms with Crippen LogP contribution in [0.5, 0.6) is 5.75 Å². The van der Waals surface area contributed by atoms with E-state index < -0.39 is 11.7 Å². The van der Waals surface area contributed by atoms with E-state index >= 15 is 4.39 Å². The molecule has 0 aliphatic carbocycles. The fourth-order valence-corrected chi connectivity index (χ4v) is 5.59. The number of hydrogen-bond donors (Lipinski definition) is 2. The van der Waals surface area contributed by atoms with Gasteiger partial charge in [-0.25, -0.2) is 14.4 Å². The summed E-state index contributed by atoms with van der Waals surface area (Å²) < 4.78 is 15.4. The van der Waals surface area contributed by atoms with Gasteiger partial charge in [-0.2, -0.15) is 5.26 Å². The molecule has 4 atom stereocenters. The van der Waals surface area contributed by atoms with Gasteiger partial charge in [-0.05, 0) is 44.7 Å². The molecule has 3 aromatic rings. The van der Waals surface area contributed by atoms with Crippen molar-refractivity contribution in [3.8, 4) is 34.5 Å². The minimum absolute atomic E-state index is 0.00941. The molecule has 170 valence electrons. The monoisotopic (exact) mass is 465 g/mol. The third kappa shape index (κ3) is 3.92. The van der Waals surface area contributed by atoms with Crippen molar-refractivity contribution < 1.29 is 9.50 Å². The molecule has 10 heteroatoms. The first-order valence-electron chi connectivity index (χ1n) is 10.9. The first-order valence-corrected chi connectivity index (χ1v) is 11.8. The number of aromatic hydroxyl groups is 1. The Bertz CT molecular complexity index is 1210. The van der Waals surface area contributed by atoms with Crippen molar-refractivity contribution in [1.82, 2.24) is 25.5 Å². The number of halogens is 1. The normalized spacial score (nSPS) is 26.5. The Balaban J connectivity index is 1.36. The number of piperidine rings is 2. The molecule has 2 aliphatic rings. The van der Waals surface area contributed by atoms with Crippen molar-refractivity contribution in [1.29, 1.82) is 5.26 Å². The quantitative estimate of drug-likeness (QED) is 0.600. The molecule has 0 spiro atoms. The second kappa shape index (κ2) is 8.32. The molecule has 2 aromatic heterocycles. The maximum absolute atomic E-state index is 15.4. The lowest BCUT2D eigenvalue weighted by Gasteiger charge is -2.52. The topological polar surface area (TPSA) is 111 Å². The van der Waals surface area contributed by atoms with Crippen LogP contribution >= 0.6 is 11.3 Å². The average Bonchev–Trinajstić information content (AvgIpc) is 3.31. The average molecular weight is 466 g/mol. The lowest BCUT2D eigenvalue weighted by molar-refractivity contribution is 0.0405. The molecule has 1 aromatic carbocycles. The third-order valence-electron chi connectivity index (χ3n) is 6.80. The second-order valence-corrected chi connectivity index (χ2v) is 9.85. The zero-order valence-corrected chi connectivity index (χ0v) is 19.2. The molecule has 4 heterocycles. The Morgan fingerprint density at radius 3 is 2.91 bits per heavy atom. The minimum atomic E-state index is -1.02. The first kappa shape index (κ1) is 21.7. The summed E-state index contributed by atoms with van der Waals surface area (Å²) in [5.41, 5.74) is 1.23. The van der Waals surface area contributed by atoms with Gasteiger partial charge in [-0.1, -0.05) is 6.07 Å². The van der Waals surface area contributed by atoms with Crippen molar-refractivity contribution in [2.45, 2.75) is 56.4 Å². The zero-order valence-electron chi connectivity index (χ0n) is 18.4. The highest BCUT2D eigenvalue weighted by atomic mass is 32.1. The molecular formula is C23H24FN7OS. The van der Waals surface area contributed by atoms with E-state index in [0.29, 0.717) is 40.1 Å². The summed E-state index contributed by atoms with van der Waals surface area (Å²) in [6.07, 6.45) is 4.19. The van der Waals surface area contributed by atoms with Crippen molar-refractivity contribution in [2.75, 3.05) is 11.9 Å². The highest BCUT2D eigenvalue weighted by Crippen LogP contribution is 2.38. The molecule has 0 unspecified atom stereocenters. The Morgan fingerprint density at radius 1 is 1.36 bits per heavy atom. The number of thiazole rings is 1. The molecule has 0 amide bonds. The summed E-state index contributed by atoms with van der Waals surface area (Å²) in [6.45, 7) is 1.97. The van der Waals surface area contributed by atoms with Crippen LogP contribution in [0.1, 0.15) is 37.6 Å². The minimum Gasteiger partial charge on any atom is -0.507 e. The number of phenolic OH excluding ortho intramolecular Hbond substituents is 1. The Kier molecular flexibility index (Phi) is 5.46. The van der Waals surface area contributed by atoms with Crippen LogP contribution < -0.4 is 10.2 Å². The van der Waals surface area contributed by atoms with Crippen LogP contribution in [-0.4, -0.2) is 56.1 Å². The van der Waals surface area contributed by atoms with E-state index in [9.17, 15) is 5.11 Å². The Hall–Kier alpha value is -3.16. The van der Waals surface area contributed by atoms with Gasteiger partial charge >= 0.3 is 0 Å². The van der Waals surface area contributed by atoms with E-state index in [0.717, 1.165) is 19.3 Å². The molecule has 2 saturated heterocycles. The summed E-state index contributed by atoms with van der Waals surface area (Å²) >= 11 is 1.25. The van der Waals surface area contributed by atoms with Crippen LogP contribution in [0.25, 0.3) is 22.6 Å². The Morgan fingerprint density at radius 2 is 2.21 bits per heavy atom.